The summed E-state index contributed by atoms with van der Waals surface area (Å²) >= 11 is 0. The van der Waals surface area contributed by atoms with Crippen LogP contribution in [0.1, 0.15) is 26.7 Å². The highest BCUT2D eigenvalue weighted by Crippen LogP contribution is 2.58. The lowest BCUT2D eigenvalue weighted by Crippen LogP contribution is -2.20. The van der Waals surface area contributed by atoms with Gasteiger partial charge < -0.3 is 9.84 Å². The van der Waals surface area contributed by atoms with E-state index in [4.69, 9.17) is 4.74 Å². The highest BCUT2D eigenvalue weighted by molar-refractivity contribution is 5.70. The molecule has 1 saturated carbocycles. The molecule has 0 aliphatic heterocycles. The van der Waals surface area contributed by atoms with E-state index < -0.39 is 35.9 Å². The molecule has 0 bridgehead atoms. The Morgan fingerprint density at radius 1 is 1.48 bits per heavy atom. The van der Waals surface area contributed by atoms with Crippen molar-refractivity contribution in [2.45, 2.75) is 44.8 Å². The first-order valence-corrected chi connectivity index (χ1v) is 7.00. The standard InChI is InChI=1S/C16H22F2O3/c1-4-6-7-8-12(19)10-15(20)21-11(3)9-14-13(5-2)16(14,17)18/h4-8,11-14,19H,2,9-10H2,1,3H3/b6-4+,8-7+. The normalized spacial score (nSPS) is 26.7. The molecule has 1 aliphatic rings. The van der Waals surface area contributed by atoms with Crippen LogP contribution in [0, 0.1) is 11.8 Å². The van der Waals surface area contributed by atoms with E-state index in [2.05, 4.69) is 6.58 Å². The monoisotopic (exact) mass is 300 g/mol. The van der Waals surface area contributed by atoms with Crippen molar-refractivity contribution >= 4 is 5.97 Å². The number of alkyl halides is 2. The van der Waals surface area contributed by atoms with Crippen molar-refractivity contribution in [3.8, 4) is 0 Å². The Labute approximate surface area is 124 Å². The first kappa shape index (κ1) is 17.6. The number of aliphatic hydroxyl groups excluding tert-OH is 1. The topological polar surface area (TPSA) is 46.5 Å². The molecule has 0 aromatic carbocycles. The molecular weight excluding hydrogens is 278 g/mol. The Bertz CT molecular complexity index is 429. The van der Waals surface area contributed by atoms with Gasteiger partial charge in [-0.15, -0.1) is 6.58 Å². The molecule has 0 aromatic heterocycles. The molecule has 0 radical (unpaired) electrons. The van der Waals surface area contributed by atoms with E-state index in [0.29, 0.717) is 0 Å². The quantitative estimate of drug-likeness (QED) is 0.425. The number of carbonyl (C=O) groups excluding carboxylic acids is 1. The van der Waals surface area contributed by atoms with E-state index in [0.717, 1.165) is 0 Å². The van der Waals surface area contributed by atoms with Crippen LogP contribution in [0.25, 0.3) is 0 Å². The van der Waals surface area contributed by atoms with E-state index in [9.17, 15) is 18.7 Å². The summed E-state index contributed by atoms with van der Waals surface area (Å²) in [5.74, 6) is -4.97. The van der Waals surface area contributed by atoms with Crippen LogP contribution >= 0.6 is 0 Å². The average Bonchev–Trinajstić information content (AvgIpc) is 2.89. The van der Waals surface area contributed by atoms with Crippen molar-refractivity contribution in [2.75, 3.05) is 0 Å². The van der Waals surface area contributed by atoms with E-state index in [1.54, 1.807) is 25.2 Å². The number of allylic oxidation sites excluding steroid dienone is 4. The van der Waals surface area contributed by atoms with Crippen LogP contribution in [0.15, 0.2) is 37.0 Å². The van der Waals surface area contributed by atoms with Crippen molar-refractivity contribution in [3.63, 3.8) is 0 Å². The minimum atomic E-state index is -2.74. The Balaban J connectivity index is 2.33. The van der Waals surface area contributed by atoms with Gasteiger partial charge in [0.05, 0.1) is 18.6 Å². The second kappa shape index (κ2) is 7.50. The number of hydrogen-bond acceptors (Lipinski definition) is 3. The number of aliphatic hydroxyl groups is 1. The minimum absolute atomic E-state index is 0.0972. The van der Waals surface area contributed by atoms with Crippen LogP contribution in [0.4, 0.5) is 8.78 Å². The Morgan fingerprint density at radius 2 is 2.14 bits per heavy atom. The van der Waals surface area contributed by atoms with Crippen molar-refractivity contribution in [1.82, 2.24) is 0 Å². The first-order valence-electron chi connectivity index (χ1n) is 7.00. The third kappa shape index (κ3) is 5.08. The summed E-state index contributed by atoms with van der Waals surface area (Å²) in [6, 6.07) is 0. The number of ether oxygens (including phenoxy) is 1. The maximum atomic E-state index is 13.3. The van der Waals surface area contributed by atoms with E-state index in [1.807, 2.05) is 6.92 Å². The molecule has 0 aromatic rings. The summed E-state index contributed by atoms with van der Waals surface area (Å²) in [5.41, 5.74) is 0. The Hall–Kier alpha value is -1.49. The van der Waals surface area contributed by atoms with E-state index in [-0.39, 0.29) is 12.8 Å². The van der Waals surface area contributed by atoms with Crippen molar-refractivity contribution in [2.24, 2.45) is 11.8 Å². The second-order valence-electron chi connectivity index (χ2n) is 5.26. The Morgan fingerprint density at radius 3 is 2.67 bits per heavy atom. The number of esters is 1. The minimum Gasteiger partial charge on any atom is -0.463 e. The molecule has 118 valence electrons. The highest BCUT2D eigenvalue weighted by atomic mass is 19.3. The molecule has 5 heteroatoms. The van der Waals surface area contributed by atoms with Gasteiger partial charge in [0, 0.05) is 11.8 Å². The molecule has 0 spiro atoms. The van der Waals surface area contributed by atoms with Gasteiger partial charge in [0.25, 0.3) is 5.92 Å². The van der Waals surface area contributed by atoms with Crippen LogP contribution in [-0.2, 0) is 9.53 Å². The van der Waals surface area contributed by atoms with Crippen LogP contribution in [0.3, 0.4) is 0 Å². The molecule has 1 rings (SSSR count). The van der Waals surface area contributed by atoms with Crippen LogP contribution < -0.4 is 0 Å². The zero-order valence-electron chi connectivity index (χ0n) is 12.3. The molecule has 0 heterocycles. The van der Waals surface area contributed by atoms with Gasteiger partial charge in [-0.25, -0.2) is 8.78 Å². The summed E-state index contributed by atoms with van der Waals surface area (Å²) in [4.78, 5) is 11.6. The lowest BCUT2D eigenvalue weighted by Gasteiger charge is -2.13. The maximum absolute atomic E-state index is 13.3. The summed E-state index contributed by atoms with van der Waals surface area (Å²) in [6.07, 6.45) is 6.21. The zero-order valence-corrected chi connectivity index (χ0v) is 12.3. The largest absolute Gasteiger partial charge is 0.463 e. The third-order valence-corrected chi connectivity index (χ3v) is 3.45. The highest BCUT2D eigenvalue weighted by Gasteiger charge is 2.66. The Kier molecular flexibility index (Phi) is 6.27. The molecule has 0 amide bonds. The van der Waals surface area contributed by atoms with Gasteiger partial charge in [-0.1, -0.05) is 30.4 Å². The summed E-state index contributed by atoms with van der Waals surface area (Å²) < 4.78 is 31.6. The summed E-state index contributed by atoms with van der Waals surface area (Å²) in [6.45, 7) is 6.79. The van der Waals surface area contributed by atoms with Crippen LogP contribution in [0.5, 0.6) is 0 Å². The average molecular weight is 300 g/mol. The number of hydrogen-bond donors (Lipinski definition) is 1. The molecule has 3 nitrogen and oxygen atoms in total. The SMILES string of the molecule is C=CC1C(CC(C)OC(=O)CC(O)/C=C/C=C/C)C1(F)F. The lowest BCUT2D eigenvalue weighted by molar-refractivity contribution is -0.150. The molecule has 4 unspecified atom stereocenters. The fraction of sp³-hybridized carbons (Fsp3) is 0.562. The number of rotatable bonds is 8. The van der Waals surface area contributed by atoms with Crippen molar-refractivity contribution < 1.29 is 23.4 Å². The van der Waals surface area contributed by atoms with Gasteiger partial charge in [-0.3, -0.25) is 4.79 Å². The zero-order chi connectivity index (χ0) is 16.0. The van der Waals surface area contributed by atoms with Gasteiger partial charge in [0.2, 0.25) is 0 Å². The molecule has 1 N–H and O–H groups in total. The maximum Gasteiger partial charge on any atom is 0.309 e. The van der Waals surface area contributed by atoms with Crippen LogP contribution in [-0.4, -0.2) is 29.2 Å². The molecule has 4 atom stereocenters. The smallest absolute Gasteiger partial charge is 0.309 e. The third-order valence-electron chi connectivity index (χ3n) is 3.45. The number of halogens is 2. The summed E-state index contributed by atoms with van der Waals surface area (Å²) in [7, 11) is 0. The second-order valence-corrected chi connectivity index (χ2v) is 5.26. The summed E-state index contributed by atoms with van der Waals surface area (Å²) in [5, 5.41) is 9.56. The van der Waals surface area contributed by atoms with Gasteiger partial charge in [-0.2, -0.15) is 0 Å². The van der Waals surface area contributed by atoms with E-state index >= 15 is 0 Å². The molecule has 1 fully saturated rings. The van der Waals surface area contributed by atoms with E-state index in [1.165, 1.54) is 12.2 Å². The van der Waals surface area contributed by atoms with Crippen molar-refractivity contribution in [3.05, 3.63) is 37.0 Å². The van der Waals surface area contributed by atoms with Gasteiger partial charge in [0.1, 0.15) is 0 Å². The molecule has 21 heavy (non-hydrogen) atoms. The molecular formula is C16H22F2O3. The molecule has 0 saturated heterocycles. The van der Waals surface area contributed by atoms with Crippen LogP contribution in [0.2, 0.25) is 0 Å². The first-order chi connectivity index (χ1) is 9.82. The fourth-order valence-electron chi connectivity index (χ4n) is 2.26. The molecule has 1 aliphatic carbocycles. The predicted molar refractivity (Wildman–Crippen MR) is 76.9 cm³/mol. The lowest BCUT2D eigenvalue weighted by atomic mass is 10.1. The predicted octanol–water partition coefficient (Wildman–Crippen LogP) is 3.26. The van der Waals surface area contributed by atoms with Gasteiger partial charge >= 0.3 is 5.97 Å². The van der Waals surface area contributed by atoms with Crippen molar-refractivity contribution in [1.29, 1.82) is 0 Å². The van der Waals surface area contributed by atoms with Gasteiger partial charge in [-0.05, 0) is 20.3 Å². The number of carbonyl (C=O) groups is 1. The van der Waals surface area contributed by atoms with Gasteiger partial charge in [0.15, 0.2) is 0 Å². The fourth-order valence-corrected chi connectivity index (χ4v) is 2.26.